The minimum atomic E-state index is 0.777. The quantitative estimate of drug-likeness (QED) is 0.636. The standard InChI is InChI=1S/C14H20N2S/c1-2-13-10-12(3-4-14(13)15)9-11-5-7-16(17)8-6-11/h2-4,10-11,17H,1,5-9,15H2. The fourth-order valence-electron chi connectivity index (χ4n) is 2.38. The lowest BCUT2D eigenvalue weighted by atomic mass is 9.90. The zero-order chi connectivity index (χ0) is 12.3. The number of rotatable bonds is 3. The fourth-order valence-corrected chi connectivity index (χ4v) is 2.62. The van der Waals surface area contributed by atoms with Crippen molar-refractivity contribution in [2.75, 3.05) is 18.8 Å². The number of benzene rings is 1. The molecule has 1 aliphatic heterocycles. The van der Waals surface area contributed by atoms with Gasteiger partial charge in [-0.3, -0.25) is 4.31 Å². The molecule has 0 bridgehead atoms. The predicted octanol–water partition coefficient (Wildman–Crippen LogP) is 3.01. The third-order valence-corrected chi connectivity index (χ3v) is 3.89. The highest BCUT2D eigenvalue weighted by molar-refractivity contribution is 7.77. The summed E-state index contributed by atoms with van der Waals surface area (Å²) in [7, 11) is 0. The van der Waals surface area contributed by atoms with Crippen molar-refractivity contribution in [1.82, 2.24) is 4.31 Å². The van der Waals surface area contributed by atoms with Crippen LogP contribution in [0.25, 0.3) is 6.08 Å². The molecular weight excluding hydrogens is 228 g/mol. The van der Waals surface area contributed by atoms with E-state index in [-0.39, 0.29) is 0 Å². The number of thiol groups is 1. The minimum Gasteiger partial charge on any atom is -0.398 e. The second-order valence-corrected chi connectivity index (χ2v) is 5.33. The van der Waals surface area contributed by atoms with E-state index in [0.717, 1.165) is 36.7 Å². The lowest BCUT2D eigenvalue weighted by Gasteiger charge is -2.28. The molecule has 0 aliphatic carbocycles. The van der Waals surface area contributed by atoms with Gasteiger partial charge in [0.25, 0.3) is 0 Å². The molecule has 1 fully saturated rings. The summed E-state index contributed by atoms with van der Waals surface area (Å²) in [6, 6.07) is 6.28. The first kappa shape index (κ1) is 12.5. The Hall–Kier alpha value is -0.930. The first-order valence-electron chi connectivity index (χ1n) is 6.13. The van der Waals surface area contributed by atoms with Crippen LogP contribution in [-0.2, 0) is 6.42 Å². The van der Waals surface area contributed by atoms with Crippen molar-refractivity contribution in [3.63, 3.8) is 0 Å². The lowest BCUT2D eigenvalue weighted by Crippen LogP contribution is -2.27. The summed E-state index contributed by atoms with van der Waals surface area (Å²) in [6.45, 7) is 5.98. The van der Waals surface area contributed by atoms with E-state index in [4.69, 9.17) is 5.73 Å². The summed E-state index contributed by atoms with van der Waals surface area (Å²) in [4.78, 5) is 0. The molecule has 92 valence electrons. The highest BCUT2D eigenvalue weighted by atomic mass is 32.1. The molecule has 0 unspecified atom stereocenters. The summed E-state index contributed by atoms with van der Waals surface area (Å²) >= 11 is 4.38. The second-order valence-electron chi connectivity index (χ2n) is 4.77. The third-order valence-electron chi connectivity index (χ3n) is 3.49. The van der Waals surface area contributed by atoms with Gasteiger partial charge in [0.1, 0.15) is 0 Å². The molecule has 1 heterocycles. The Kier molecular flexibility index (Phi) is 4.13. The molecule has 0 spiro atoms. The topological polar surface area (TPSA) is 29.3 Å². The van der Waals surface area contributed by atoms with Gasteiger partial charge in [-0.1, -0.05) is 31.5 Å². The number of nitrogen functional groups attached to an aromatic ring is 1. The Morgan fingerprint density at radius 3 is 2.76 bits per heavy atom. The van der Waals surface area contributed by atoms with Crippen molar-refractivity contribution in [3.05, 3.63) is 35.9 Å². The number of anilines is 1. The predicted molar refractivity (Wildman–Crippen MR) is 77.9 cm³/mol. The van der Waals surface area contributed by atoms with Gasteiger partial charge in [-0.15, -0.1) is 0 Å². The number of nitrogens with zero attached hydrogens (tertiary/aromatic N) is 1. The van der Waals surface area contributed by atoms with Crippen LogP contribution in [0.15, 0.2) is 24.8 Å². The van der Waals surface area contributed by atoms with E-state index in [1.54, 1.807) is 0 Å². The average molecular weight is 248 g/mol. The monoisotopic (exact) mass is 248 g/mol. The van der Waals surface area contributed by atoms with Gasteiger partial charge in [0, 0.05) is 18.8 Å². The number of hydrogen-bond donors (Lipinski definition) is 2. The van der Waals surface area contributed by atoms with Crippen molar-refractivity contribution in [2.45, 2.75) is 19.3 Å². The van der Waals surface area contributed by atoms with E-state index >= 15 is 0 Å². The van der Waals surface area contributed by atoms with Gasteiger partial charge >= 0.3 is 0 Å². The third kappa shape index (κ3) is 3.27. The van der Waals surface area contributed by atoms with Gasteiger partial charge in [0.05, 0.1) is 0 Å². The van der Waals surface area contributed by atoms with Crippen molar-refractivity contribution in [3.8, 4) is 0 Å². The smallest absolute Gasteiger partial charge is 0.0387 e. The molecule has 1 saturated heterocycles. The normalized spacial score (nSPS) is 18.2. The summed E-state index contributed by atoms with van der Waals surface area (Å²) in [6.07, 6.45) is 5.44. The van der Waals surface area contributed by atoms with Gasteiger partial charge in [0.2, 0.25) is 0 Å². The largest absolute Gasteiger partial charge is 0.398 e. The van der Waals surface area contributed by atoms with Gasteiger partial charge in [0.15, 0.2) is 0 Å². The van der Waals surface area contributed by atoms with Crippen LogP contribution < -0.4 is 5.73 Å². The van der Waals surface area contributed by atoms with Gasteiger partial charge in [-0.2, -0.15) is 0 Å². The molecule has 0 aromatic heterocycles. The van der Waals surface area contributed by atoms with Crippen LogP contribution in [0.4, 0.5) is 5.69 Å². The van der Waals surface area contributed by atoms with Crippen molar-refractivity contribution in [1.29, 1.82) is 0 Å². The molecule has 3 heteroatoms. The number of hydrogen-bond acceptors (Lipinski definition) is 3. The SMILES string of the molecule is C=Cc1cc(CC2CCN(S)CC2)ccc1N. The van der Waals surface area contributed by atoms with Gasteiger partial charge in [-0.25, -0.2) is 0 Å². The molecule has 0 saturated carbocycles. The van der Waals surface area contributed by atoms with Crippen LogP contribution >= 0.6 is 12.8 Å². The molecule has 0 amide bonds. The Morgan fingerprint density at radius 2 is 2.12 bits per heavy atom. The average Bonchev–Trinajstić information content (AvgIpc) is 2.34. The maximum absolute atomic E-state index is 5.86. The number of nitrogens with two attached hydrogens (primary N) is 1. The summed E-state index contributed by atoms with van der Waals surface area (Å²) in [5.74, 6) is 0.777. The van der Waals surface area contributed by atoms with E-state index in [0.29, 0.717) is 0 Å². The molecule has 0 radical (unpaired) electrons. The molecule has 2 rings (SSSR count). The van der Waals surface area contributed by atoms with E-state index in [9.17, 15) is 0 Å². The Labute approximate surface area is 109 Å². The zero-order valence-electron chi connectivity index (χ0n) is 10.1. The van der Waals surface area contributed by atoms with Crippen molar-refractivity contribution >= 4 is 24.6 Å². The minimum absolute atomic E-state index is 0.777. The molecular formula is C14H20N2S. The number of piperidine rings is 1. The van der Waals surface area contributed by atoms with Gasteiger partial charge in [-0.05, 0) is 48.4 Å². The maximum atomic E-state index is 5.86. The van der Waals surface area contributed by atoms with Crippen LogP contribution in [0.1, 0.15) is 24.0 Å². The van der Waals surface area contributed by atoms with Crippen LogP contribution in [0.2, 0.25) is 0 Å². The molecule has 1 aliphatic rings. The molecule has 0 atom stereocenters. The van der Waals surface area contributed by atoms with Gasteiger partial charge < -0.3 is 5.73 Å². The first-order valence-corrected chi connectivity index (χ1v) is 6.53. The van der Waals surface area contributed by atoms with Crippen LogP contribution in [-0.4, -0.2) is 17.4 Å². The summed E-state index contributed by atoms with van der Waals surface area (Å²) in [5, 5.41) is 0. The van der Waals surface area contributed by atoms with E-state index < -0.39 is 0 Å². The highest BCUT2D eigenvalue weighted by Crippen LogP contribution is 2.24. The Bertz CT molecular complexity index is 395. The van der Waals surface area contributed by atoms with Crippen molar-refractivity contribution in [2.24, 2.45) is 5.92 Å². The van der Waals surface area contributed by atoms with E-state index in [2.05, 4.69) is 35.8 Å². The molecule has 2 N–H and O–H groups in total. The molecule has 1 aromatic rings. The first-order chi connectivity index (χ1) is 8.19. The second kappa shape index (κ2) is 5.61. The highest BCUT2D eigenvalue weighted by Gasteiger charge is 2.17. The molecule has 2 nitrogen and oxygen atoms in total. The van der Waals surface area contributed by atoms with Crippen LogP contribution in [0, 0.1) is 5.92 Å². The van der Waals surface area contributed by atoms with Crippen LogP contribution in [0.5, 0.6) is 0 Å². The summed E-state index contributed by atoms with van der Waals surface area (Å²) in [5.41, 5.74) is 9.09. The molecule has 1 aromatic carbocycles. The lowest BCUT2D eigenvalue weighted by molar-refractivity contribution is 0.293. The summed E-state index contributed by atoms with van der Waals surface area (Å²) < 4.78 is 2.11. The fraction of sp³-hybridized carbons (Fsp3) is 0.429. The van der Waals surface area contributed by atoms with E-state index in [1.165, 1.54) is 18.4 Å². The van der Waals surface area contributed by atoms with Crippen molar-refractivity contribution < 1.29 is 0 Å². The Balaban J connectivity index is 2.01. The van der Waals surface area contributed by atoms with E-state index in [1.807, 2.05) is 12.1 Å². The maximum Gasteiger partial charge on any atom is 0.0387 e. The Morgan fingerprint density at radius 1 is 1.41 bits per heavy atom. The molecule has 17 heavy (non-hydrogen) atoms. The van der Waals surface area contributed by atoms with Crippen LogP contribution in [0.3, 0.4) is 0 Å². The zero-order valence-corrected chi connectivity index (χ0v) is 11.0.